The highest BCUT2D eigenvalue weighted by molar-refractivity contribution is 9.10. The molecule has 3 aromatic rings. The van der Waals surface area contributed by atoms with E-state index in [9.17, 15) is 0 Å². The highest BCUT2D eigenvalue weighted by atomic mass is 79.9. The molecule has 0 aliphatic heterocycles. The number of fused-ring (bicyclic) bond motifs is 1. The van der Waals surface area contributed by atoms with E-state index < -0.39 is 0 Å². The minimum atomic E-state index is 0.734. The molecule has 0 atom stereocenters. The molecule has 19 heavy (non-hydrogen) atoms. The summed E-state index contributed by atoms with van der Waals surface area (Å²) in [5, 5.41) is 0. The summed E-state index contributed by atoms with van der Waals surface area (Å²) in [7, 11) is 0. The Morgan fingerprint density at radius 1 is 1.00 bits per heavy atom. The smallest absolute Gasteiger partial charge is 0.0890 e. The molecular weight excluding hydrogens is 304 g/mol. The second-order valence-corrected chi connectivity index (χ2v) is 4.97. The molecule has 1 aromatic carbocycles. The maximum Gasteiger partial charge on any atom is 0.0890 e. The maximum atomic E-state index is 4.31. The van der Waals surface area contributed by atoms with Gasteiger partial charge in [0.2, 0.25) is 0 Å². The molecular formula is C14H11BrN4. The predicted octanol–water partition coefficient (Wildman–Crippen LogP) is 3.34. The van der Waals surface area contributed by atoms with Gasteiger partial charge >= 0.3 is 0 Å². The van der Waals surface area contributed by atoms with Gasteiger partial charge in [-0.15, -0.1) is 0 Å². The summed E-state index contributed by atoms with van der Waals surface area (Å²) in [6.07, 6.45) is 6.99. The Morgan fingerprint density at radius 2 is 1.84 bits per heavy atom. The number of rotatable bonds is 3. The van der Waals surface area contributed by atoms with Crippen LogP contribution in [0.4, 0.5) is 5.69 Å². The van der Waals surface area contributed by atoms with Crippen molar-refractivity contribution in [2.24, 2.45) is 0 Å². The number of halogens is 1. The molecule has 2 heterocycles. The van der Waals surface area contributed by atoms with Gasteiger partial charge in [0.15, 0.2) is 0 Å². The Labute approximate surface area is 119 Å². The lowest BCUT2D eigenvalue weighted by atomic mass is 10.2. The fourth-order valence-electron chi connectivity index (χ4n) is 1.86. The molecule has 0 aliphatic rings. The Morgan fingerprint density at radius 3 is 2.63 bits per heavy atom. The predicted molar refractivity (Wildman–Crippen MR) is 78.9 cm³/mol. The van der Waals surface area contributed by atoms with Crippen molar-refractivity contribution in [3.8, 4) is 0 Å². The lowest BCUT2D eigenvalue weighted by Crippen LogP contribution is -2.09. The van der Waals surface area contributed by atoms with Gasteiger partial charge in [0.1, 0.15) is 0 Å². The molecule has 0 saturated carbocycles. The van der Waals surface area contributed by atoms with Gasteiger partial charge in [-0.05, 0) is 29.8 Å². The molecule has 0 unspecified atom stereocenters. The zero-order valence-corrected chi connectivity index (χ0v) is 11.7. The standard InChI is InChI=1S/C14H11BrN4/c15-19(12-2-1-5-16-9-12)10-11-3-4-13-14(8-11)18-7-6-17-13/h1-9H,10H2. The first kappa shape index (κ1) is 12.0. The highest BCUT2D eigenvalue weighted by Gasteiger charge is 2.05. The van der Waals surface area contributed by atoms with Gasteiger partial charge in [0.05, 0.1) is 45.6 Å². The van der Waals surface area contributed by atoms with Crippen molar-refractivity contribution in [2.75, 3.05) is 3.93 Å². The van der Waals surface area contributed by atoms with Crippen LogP contribution >= 0.6 is 16.1 Å². The summed E-state index contributed by atoms with van der Waals surface area (Å²) in [5.74, 6) is 0. The molecule has 0 N–H and O–H groups in total. The van der Waals surface area contributed by atoms with Gasteiger partial charge < -0.3 is 3.93 Å². The number of aromatic nitrogens is 3. The van der Waals surface area contributed by atoms with E-state index in [4.69, 9.17) is 0 Å². The second kappa shape index (κ2) is 5.32. The van der Waals surface area contributed by atoms with Crippen LogP contribution in [-0.4, -0.2) is 15.0 Å². The topological polar surface area (TPSA) is 41.9 Å². The molecule has 0 amide bonds. The van der Waals surface area contributed by atoms with Crippen molar-refractivity contribution in [3.05, 3.63) is 60.7 Å². The summed E-state index contributed by atoms with van der Waals surface area (Å²) >= 11 is 3.54. The molecule has 94 valence electrons. The normalized spacial score (nSPS) is 10.6. The van der Waals surface area contributed by atoms with Crippen molar-refractivity contribution >= 4 is 32.9 Å². The first-order valence-corrected chi connectivity index (χ1v) is 6.57. The fraction of sp³-hybridized carbons (Fsp3) is 0.0714. The van der Waals surface area contributed by atoms with Gasteiger partial charge in [-0.2, -0.15) is 0 Å². The van der Waals surface area contributed by atoms with Crippen LogP contribution < -0.4 is 3.93 Å². The van der Waals surface area contributed by atoms with Gasteiger partial charge in [0, 0.05) is 18.6 Å². The molecule has 0 aliphatic carbocycles. The third kappa shape index (κ3) is 2.71. The lowest BCUT2D eigenvalue weighted by Gasteiger charge is -2.16. The molecule has 2 aromatic heterocycles. The summed E-state index contributed by atoms with van der Waals surface area (Å²) in [6, 6.07) is 10.0. The number of benzene rings is 1. The molecule has 0 saturated heterocycles. The third-order valence-electron chi connectivity index (χ3n) is 2.78. The van der Waals surface area contributed by atoms with Crippen LogP contribution in [0.15, 0.2) is 55.1 Å². The number of anilines is 1. The van der Waals surface area contributed by atoms with Crippen molar-refractivity contribution in [1.82, 2.24) is 15.0 Å². The summed E-state index contributed by atoms with van der Waals surface area (Å²) < 4.78 is 1.97. The molecule has 0 radical (unpaired) electrons. The first-order chi connectivity index (χ1) is 9.33. The van der Waals surface area contributed by atoms with Crippen molar-refractivity contribution in [1.29, 1.82) is 0 Å². The minimum absolute atomic E-state index is 0.734. The molecule has 0 spiro atoms. The number of hydrogen-bond acceptors (Lipinski definition) is 4. The number of hydrogen-bond donors (Lipinski definition) is 0. The zero-order chi connectivity index (χ0) is 13.1. The van der Waals surface area contributed by atoms with E-state index in [-0.39, 0.29) is 0 Å². The van der Waals surface area contributed by atoms with E-state index in [0.717, 1.165) is 28.8 Å². The van der Waals surface area contributed by atoms with E-state index in [1.165, 1.54) is 0 Å². The number of pyridine rings is 1. The summed E-state index contributed by atoms with van der Waals surface area (Å²) in [5.41, 5.74) is 4.00. The van der Waals surface area contributed by atoms with Gasteiger partial charge in [0.25, 0.3) is 0 Å². The van der Waals surface area contributed by atoms with Crippen molar-refractivity contribution in [3.63, 3.8) is 0 Å². The van der Waals surface area contributed by atoms with Crippen LogP contribution in [-0.2, 0) is 6.54 Å². The minimum Gasteiger partial charge on any atom is -0.303 e. The Hall–Kier alpha value is -2.01. The van der Waals surface area contributed by atoms with Crippen LogP contribution in [0.25, 0.3) is 11.0 Å². The van der Waals surface area contributed by atoms with Crippen LogP contribution in [0.2, 0.25) is 0 Å². The van der Waals surface area contributed by atoms with Crippen LogP contribution in [0.5, 0.6) is 0 Å². The van der Waals surface area contributed by atoms with Gasteiger partial charge in [-0.3, -0.25) is 15.0 Å². The van der Waals surface area contributed by atoms with Crippen LogP contribution in [0.3, 0.4) is 0 Å². The van der Waals surface area contributed by atoms with Gasteiger partial charge in [-0.1, -0.05) is 6.07 Å². The Balaban J connectivity index is 1.85. The van der Waals surface area contributed by atoms with E-state index >= 15 is 0 Å². The van der Waals surface area contributed by atoms with E-state index in [0.29, 0.717) is 0 Å². The third-order valence-corrected chi connectivity index (χ3v) is 3.44. The van der Waals surface area contributed by atoms with E-state index in [1.807, 2.05) is 34.4 Å². The maximum absolute atomic E-state index is 4.31. The second-order valence-electron chi connectivity index (χ2n) is 4.11. The molecule has 5 heteroatoms. The SMILES string of the molecule is BrN(Cc1ccc2nccnc2c1)c1cccnc1. The van der Waals surface area contributed by atoms with Gasteiger partial charge in [-0.25, -0.2) is 0 Å². The first-order valence-electron chi connectivity index (χ1n) is 5.86. The zero-order valence-electron chi connectivity index (χ0n) is 10.1. The van der Waals surface area contributed by atoms with Crippen molar-refractivity contribution < 1.29 is 0 Å². The molecule has 3 rings (SSSR count). The Kier molecular flexibility index (Phi) is 3.37. The molecule has 0 fully saturated rings. The summed E-state index contributed by atoms with van der Waals surface area (Å²) in [6.45, 7) is 0.734. The van der Waals surface area contributed by atoms with Crippen LogP contribution in [0.1, 0.15) is 5.56 Å². The number of nitrogens with zero attached hydrogens (tertiary/aromatic N) is 4. The molecule has 0 bridgehead atoms. The average molecular weight is 315 g/mol. The van der Waals surface area contributed by atoms with E-state index in [1.54, 1.807) is 18.6 Å². The largest absolute Gasteiger partial charge is 0.303 e. The fourth-order valence-corrected chi connectivity index (χ4v) is 2.36. The average Bonchev–Trinajstić information content (AvgIpc) is 2.48. The molecule has 4 nitrogen and oxygen atoms in total. The van der Waals surface area contributed by atoms with Crippen molar-refractivity contribution in [2.45, 2.75) is 6.54 Å². The summed E-state index contributed by atoms with van der Waals surface area (Å²) in [4.78, 5) is 12.7. The monoisotopic (exact) mass is 314 g/mol. The Bertz CT molecular complexity index is 687. The quantitative estimate of drug-likeness (QED) is 0.695. The van der Waals surface area contributed by atoms with E-state index in [2.05, 4.69) is 37.2 Å². The lowest BCUT2D eigenvalue weighted by molar-refractivity contribution is 1.06. The highest BCUT2D eigenvalue weighted by Crippen LogP contribution is 2.20. The van der Waals surface area contributed by atoms with Crippen LogP contribution in [0, 0.1) is 0 Å².